The van der Waals surface area contributed by atoms with Crippen molar-refractivity contribution in [1.29, 1.82) is 0 Å². The third-order valence-electron chi connectivity index (χ3n) is 6.39. The normalized spacial score (nSPS) is 28.7. The molecule has 6 heteroatoms. The number of benzene rings is 1. The second-order valence-corrected chi connectivity index (χ2v) is 10.7. The van der Waals surface area contributed by atoms with E-state index in [0.29, 0.717) is 36.9 Å². The van der Waals surface area contributed by atoms with Crippen molar-refractivity contribution in [1.82, 2.24) is 9.21 Å². The minimum Gasteiger partial charge on any atom is -0.340 e. The van der Waals surface area contributed by atoms with Gasteiger partial charge in [-0.1, -0.05) is 39.0 Å². The lowest BCUT2D eigenvalue weighted by atomic mass is 9.88. The van der Waals surface area contributed by atoms with Crippen LogP contribution in [0, 0.1) is 11.3 Å². The smallest absolute Gasteiger partial charge is 0.244 e. The number of fused-ring (bicyclic) bond motifs is 2. The third kappa shape index (κ3) is 2.53. The van der Waals surface area contributed by atoms with E-state index in [4.69, 9.17) is 0 Å². The summed E-state index contributed by atoms with van der Waals surface area (Å²) in [4.78, 5) is 15.2. The third-order valence-corrected chi connectivity index (χ3v) is 8.42. The van der Waals surface area contributed by atoms with E-state index in [1.165, 1.54) is 0 Å². The number of amides is 1. The predicted molar refractivity (Wildman–Crippen MR) is 100 cm³/mol. The van der Waals surface area contributed by atoms with Crippen LogP contribution in [0.15, 0.2) is 29.2 Å². The van der Waals surface area contributed by atoms with Gasteiger partial charge >= 0.3 is 0 Å². The topological polar surface area (TPSA) is 57.7 Å². The van der Waals surface area contributed by atoms with E-state index in [2.05, 4.69) is 13.8 Å². The van der Waals surface area contributed by atoms with Gasteiger partial charge in [-0.2, -0.15) is 4.31 Å². The summed E-state index contributed by atoms with van der Waals surface area (Å²) in [5, 5.41) is 0. The fourth-order valence-corrected chi connectivity index (χ4v) is 6.52. The van der Waals surface area contributed by atoms with Crippen molar-refractivity contribution in [3.63, 3.8) is 0 Å². The van der Waals surface area contributed by atoms with Crippen LogP contribution in [0.4, 0.5) is 0 Å². The molecular formula is C20H28N2O3S. The Labute approximate surface area is 156 Å². The minimum absolute atomic E-state index is 0.194. The summed E-state index contributed by atoms with van der Waals surface area (Å²) >= 11 is 0. The zero-order valence-corrected chi connectivity index (χ0v) is 16.7. The summed E-state index contributed by atoms with van der Waals surface area (Å²) in [6.45, 7) is 7.87. The molecule has 0 N–H and O–H groups in total. The molecule has 2 heterocycles. The van der Waals surface area contributed by atoms with Gasteiger partial charge < -0.3 is 4.90 Å². The van der Waals surface area contributed by atoms with Gasteiger partial charge in [-0.3, -0.25) is 4.79 Å². The van der Waals surface area contributed by atoms with E-state index in [9.17, 15) is 13.2 Å². The second kappa shape index (κ2) is 5.80. The summed E-state index contributed by atoms with van der Waals surface area (Å²) in [6, 6.07) is 7.36. The fourth-order valence-electron chi connectivity index (χ4n) is 4.44. The summed E-state index contributed by atoms with van der Waals surface area (Å²) in [7, 11) is -3.51. The molecule has 1 amide bonds. The SMILES string of the molecule is CC(C)CCN1C2(CCN(C(=O)C3(C)CC3)C2)c2ccccc2S1(=O)=O. The molecule has 1 aliphatic carbocycles. The Morgan fingerprint density at radius 1 is 1.19 bits per heavy atom. The number of hydrogen-bond donors (Lipinski definition) is 0. The zero-order valence-electron chi connectivity index (χ0n) is 15.9. The maximum Gasteiger partial charge on any atom is 0.244 e. The summed E-state index contributed by atoms with van der Waals surface area (Å²) < 4.78 is 28.2. The van der Waals surface area contributed by atoms with Crippen molar-refractivity contribution in [2.45, 2.75) is 56.9 Å². The van der Waals surface area contributed by atoms with Crippen LogP contribution in [0.25, 0.3) is 0 Å². The van der Waals surface area contributed by atoms with Crippen LogP contribution >= 0.6 is 0 Å². The number of carbonyl (C=O) groups excluding carboxylic acids is 1. The lowest BCUT2D eigenvalue weighted by Gasteiger charge is -2.34. The molecule has 1 spiro atoms. The van der Waals surface area contributed by atoms with Crippen molar-refractivity contribution in [2.75, 3.05) is 19.6 Å². The van der Waals surface area contributed by atoms with E-state index in [1.54, 1.807) is 16.4 Å². The van der Waals surface area contributed by atoms with Crippen molar-refractivity contribution < 1.29 is 13.2 Å². The van der Waals surface area contributed by atoms with Gasteiger partial charge in [0.05, 0.1) is 10.4 Å². The quantitative estimate of drug-likeness (QED) is 0.812. The highest BCUT2D eigenvalue weighted by Crippen LogP contribution is 2.52. The van der Waals surface area contributed by atoms with Crippen molar-refractivity contribution in [3.05, 3.63) is 29.8 Å². The van der Waals surface area contributed by atoms with Crippen LogP contribution in [0.5, 0.6) is 0 Å². The summed E-state index contributed by atoms with van der Waals surface area (Å²) in [5.74, 6) is 0.621. The van der Waals surface area contributed by atoms with Crippen LogP contribution in [0.3, 0.4) is 0 Å². The van der Waals surface area contributed by atoms with E-state index < -0.39 is 15.6 Å². The van der Waals surface area contributed by atoms with E-state index in [-0.39, 0.29) is 11.3 Å². The number of sulfonamides is 1. The lowest BCUT2D eigenvalue weighted by molar-refractivity contribution is -0.135. The Hall–Kier alpha value is -1.40. The monoisotopic (exact) mass is 376 g/mol. The van der Waals surface area contributed by atoms with Crippen molar-refractivity contribution >= 4 is 15.9 Å². The molecule has 0 radical (unpaired) electrons. The first-order chi connectivity index (χ1) is 12.2. The highest BCUT2D eigenvalue weighted by molar-refractivity contribution is 7.89. The molecule has 1 aromatic carbocycles. The maximum atomic E-state index is 13.3. The molecule has 26 heavy (non-hydrogen) atoms. The molecule has 1 atom stereocenters. The first-order valence-corrected chi connectivity index (χ1v) is 11.1. The molecule has 0 aromatic heterocycles. The highest BCUT2D eigenvalue weighted by Gasteiger charge is 2.59. The van der Waals surface area contributed by atoms with E-state index in [0.717, 1.165) is 24.8 Å². The van der Waals surface area contributed by atoms with E-state index in [1.807, 2.05) is 24.0 Å². The van der Waals surface area contributed by atoms with Gasteiger partial charge in [-0.25, -0.2) is 8.42 Å². The first-order valence-electron chi connectivity index (χ1n) is 9.62. The predicted octanol–water partition coefficient (Wildman–Crippen LogP) is 2.96. The summed E-state index contributed by atoms with van der Waals surface area (Å²) in [6.07, 6.45) is 3.40. The molecule has 4 rings (SSSR count). The van der Waals surface area contributed by atoms with Crippen LogP contribution < -0.4 is 0 Å². The van der Waals surface area contributed by atoms with Crippen LogP contribution in [-0.4, -0.2) is 43.2 Å². The number of carbonyl (C=O) groups is 1. The van der Waals surface area contributed by atoms with Gasteiger partial charge in [0, 0.05) is 25.0 Å². The van der Waals surface area contributed by atoms with E-state index >= 15 is 0 Å². The van der Waals surface area contributed by atoms with Gasteiger partial charge in [-0.05, 0) is 43.2 Å². The summed E-state index contributed by atoms with van der Waals surface area (Å²) in [5.41, 5.74) is 0.0660. The number of nitrogens with zero attached hydrogens (tertiary/aromatic N) is 2. The Bertz CT molecular complexity index is 844. The first kappa shape index (κ1) is 18.0. The van der Waals surface area contributed by atoms with Crippen LogP contribution in [-0.2, 0) is 20.4 Å². The average Bonchev–Trinajstić information content (AvgIpc) is 3.14. The molecule has 1 unspecified atom stereocenters. The number of likely N-dealkylation sites (tertiary alicyclic amines) is 1. The molecule has 1 aromatic rings. The Kier molecular flexibility index (Phi) is 4.01. The highest BCUT2D eigenvalue weighted by atomic mass is 32.2. The molecule has 142 valence electrons. The minimum atomic E-state index is -3.51. The van der Waals surface area contributed by atoms with Crippen LogP contribution in [0.1, 0.15) is 52.0 Å². The molecule has 2 fully saturated rings. The molecule has 3 aliphatic rings. The second-order valence-electron chi connectivity index (χ2n) is 8.82. The van der Waals surface area contributed by atoms with Gasteiger partial charge in [0.1, 0.15) is 0 Å². The Balaban J connectivity index is 1.73. The van der Waals surface area contributed by atoms with Gasteiger partial charge in [-0.15, -0.1) is 0 Å². The molecular weight excluding hydrogens is 348 g/mol. The molecule has 2 aliphatic heterocycles. The molecule has 5 nitrogen and oxygen atoms in total. The number of rotatable bonds is 4. The van der Waals surface area contributed by atoms with Crippen molar-refractivity contribution in [3.8, 4) is 0 Å². The standard InChI is InChI=1S/C20H28N2O3S/c1-15(2)8-12-22-20(16-6-4-5-7-17(16)26(22,24)25)11-13-21(14-20)18(23)19(3)9-10-19/h4-7,15H,8-14H2,1-3H3. The average molecular weight is 377 g/mol. The van der Waals surface area contributed by atoms with Gasteiger partial charge in [0.2, 0.25) is 15.9 Å². The van der Waals surface area contributed by atoms with Crippen LogP contribution in [0.2, 0.25) is 0 Å². The molecule has 1 saturated carbocycles. The Morgan fingerprint density at radius 3 is 2.54 bits per heavy atom. The van der Waals surface area contributed by atoms with Gasteiger partial charge in [0.25, 0.3) is 0 Å². The maximum absolute atomic E-state index is 13.3. The van der Waals surface area contributed by atoms with Gasteiger partial charge in [0.15, 0.2) is 0 Å². The Morgan fingerprint density at radius 2 is 1.88 bits per heavy atom. The molecule has 1 saturated heterocycles. The zero-order chi connectivity index (χ0) is 18.7. The number of hydrogen-bond acceptors (Lipinski definition) is 3. The van der Waals surface area contributed by atoms with Crippen molar-refractivity contribution in [2.24, 2.45) is 11.3 Å². The largest absolute Gasteiger partial charge is 0.340 e. The fraction of sp³-hybridized carbons (Fsp3) is 0.650. The molecule has 0 bridgehead atoms. The lowest BCUT2D eigenvalue weighted by Crippen LogP contribution is -2.47.